The molecular formula is C18H14N6O5S. The van der Waals surface area contributed by atoms with Crippen molar-refractivity contribution in [3.05, 3.63) is 86.2 Å². The Kier molecular flexibility index (Phi) is 6.17. The third-order valence-electron chi connectivity index (χ3n) is 3.84. The van der Waals surface area contributed by atoms with E-state index in [-0.39, 0.29) is 22.1 Å². The number of carbonyl (C=O) groups is 1. The highest BCUT2D eigenvalue weighted by atomic mass is 32.2. The zero-order chi connectivity index (χ0) is 21.7. The number of anilines is 1. The Hall–Kier alpha value is -4.06. The molecule has 0 aliphatic rings. The second-order valence-corrected chi connectivity index (χ2v) is 6.99. The standard InChI is InChI=1S/C18H14N6O5S/c1-11-2-8-14(9-3-11)30-18-15(24(28)29)16(19-10-20-18)21-22-17(25)12-4-6-13(7-5-12)23(26)27/h2-10H,1H3,(H,22,25)(H,19,20,21). The van der Waals surface area contributed by atoms with E-state index in [0.717, 1.165) is 28.5 Å². The topological polar surface area (TPSA) is 153 Å². The number of nitrogens with zero attached hydrogens (tertiary/aromatic N) is 4. The molecule has 152 valence electrons. The summed E-state index contributed by atoms with van der Waals surface area (Å²) in [6.07, 6.45) is 1.14. The first-order valence-electron chi connectivity index (χ1n) is 8.40. The van der Waals surface area contributed by atoms with Gasteiger partial charge >= 0.3 is 5.69 Å². The molecule has 0 bridgehead atoms. The number of hydrogen-bond acceptors (Lipinski definition) is 9. The van der Waals surface area contributed by atoms with Crippen molar-refractivity contribution in [2.45, 2.75) is 16.8 Å². The SMILES string of the molecule is Cc1ccc(Sc2ncnc(NNC(=O)c3ccc([N+](=O)[O-])cc3)c2[N+](=O)[O-])cc1. The Labute approximate surface area is 173 Å². The van der Waals surface area contributed by atoms with E-state index in [4.69, 9.17) is 0 Å². The summed E-state index contributed by atoms with van der Waals surface area (Å²) in [4.78, 5) is 41.9. The number of amides is 1. The van der Waals surface area contributed by atoms with Gasteiger partial charge in [0, 0.05) is 22.6 Å². The van der Waals surface area contributed by atoms with Gasteiger partial charge in [-0.25, -0.2) is 9.97 Å². The summed E-state index contributed by atoms with van der Waals surface area (Å²) >= 11 is 1.09. The number of non-ortho nitro benzene ring substituents is 1. The zero-order valence-electron chi connectivity index (χ0n) is 15.4. The summed E-state index contributed by atoms with van der Waals surface area (Å²) in [6, 6.07) is 12.3. The van der Waals surface area contributed by atoms with Crippen LogP contribution in [0.5, 0.6) is 0 Å². The molecule has 2 aromatic carbocycles. The predicted molar refractivity (Wildman–Crippen MR) is 108 cm³/mol. The molecule has 11 nitrogen and oxygen atoms in total. The van der Waals surface area contributed by atoms with Gasteiger partial charge in [0.05, 0.1) is 9.85 Å². The van der Waals surface area contributed by atoms with Crippen LogP contribution < -0.4 is 10.9 Å². The molecule has 0 fully saturated rings. The lowest BCUT2D eigenvalue weighted by atomic mass is 10.2. The third kappa shape index (κ3) is 4.86. The lowest BCUT2D eigenvalue weighted by Gasteiger charge is -2.10. The number of rotatable bonds is 7. The van der Waals surface area contributed by atoms with Crippen LogP contribution in [-0.2, 0) is 0 Å². The fourth-order valence-electron chi connectivity index (χ4n) is 2.33. The Bertz CT molecular complexity index is 1110. The van der Waals surface area contributed by atoms with E-state index >= 15 is 0 Å². The Morgan fingerprint density at radius 1 is 0.967 bits per heavy atom. The summed E-state index contributed by atoms with van der Waals surface area (Å²) in [5.41, 5.74) is 5.33. The summed E-state index contributed by atoms with van der Waals surface area (Å²) in [5.74, 6) is -0.842. The molecule has 0 radical (unpaired) electrons. The fraction of sp³-hybridized carbons (Fsp3) is 0.0556. The van der Waals surface area contributed by atoms with Crippen LogP contribution in [0.4, 0.5) is 17.2 Å². The van der Waals surface area contributed by atoms with Crippen LogP contribution in [0.2, 0.25) is 0 Å². The van der Waals surface area contributed by atoms with Gasteiger partial charge in [0.15, 0.2) is 5.03 Å². The molecule has 3 rings (SSSR count). The van der Waals surface area contributed by atoms with Crippen molar-refractivity contribution in [2.24, 2.45) is 0 Å². The number of nitro groups is 2. The molecule has 0 spiro atoms. The van der Waals surface area contributed by atoms with Crippen LogP contribution in [0, 0.1) is 27.2 Å². The largest absolute Gasteiger partial charge is 0.345 e. The van der Waals surface area contributed by atoms with Gasteiger partial charge in [0.25, 0.3) is 11.6 Å². The van der Waals surface area contributed by atoms with Gasteiger partial charge in [-0.15, -0.1) is 0 Å². The number of carbonyl (C=O) groups excluding carboxylic acids is 1. The molecule has 2 N–H and O–H groups in total. The Morgan fingerprint density at radius 3 is 2.23 bits per heavy atom. The molecule has 0 unspecified atom stereocenters. The summed E-state index contributed by atoms with van der Waals surface area (Å²) in [6.45, 7) is 1.93. The number of nitro benzene ring substituents is 1. The van der Waals surface area contributed by atoms with Crippen LogP contribution >= 0.6 is 11.8 Å². The van der Waals surface area contributed by atoms with Crippen LogP contribution in [0.15, 0.2) is 64.8 Å². The number of hydrogen-bond donors (Lipinski definition) is 2. The highest BCUT2D eigenvalue weighted by molar-refractivity contribution is 7.99. The first kappa shape index (κ1) is 20.7. The van der Waals surface area contributed by atoms with Gasteiger partial charge in [-0.05, 0) is 31.2 Å². The van der Waals surface area contributed by atoms with Crippen molar-refractivity contribution in [1.29, 1.82) is 0 Å². The maximum absolute atomic E-state index is 12.2. The molecule has 1 aromatic heterocycles. The summed E-state index contributed by atoms with van der Waals surface area (Å²) < 4.78 is 0. The number of hydrazine groups is 1. The first-order valence-corrected chi connectivity index (χ1v) is 9.21. The number of aryl methyl sites for hydroxylation is 1. The monoisotopic (exact) mass is 426 g/mol. The average molecular weight is 426 g/mol. The minimum Gasteiger partial charge on any atom is -0.276 e. The normalized spacial score (nSPS) is 10.3. The van der Waals surface area contributed by atoms with Gasteiger partial charge in [0.2, 0.25) is 5.82 Å². The van der Waals surface area contributed by atoms with Crippen molar-refractivity contribution >= 4 is 34.9 Å². The molecular weight excluding hydrogens is 412 g/mol. The molecule has 3 aromatic rings. The van der Waals surface area contributed by atoms with Crippen molar-refractivity contribution in [3.8, 4) is 0 Å². The molecule has 0 aliphatic heterocycles. The second-order valence-electron chi connectivity index (χ2n) is 5.93. The van der Waals surface area contributed by atoms with Gasteiger partial charge in [-0.1, -0.05) is 29.5 Å². The lowest BCUT2D eigenvalue weighted by Crippen LogP contribution is -2.30. The van der Waals surface area contributed by atoms with E-state index in [1.165, 1.54) is 24.3 Å². The van der Waals surface area contributed by atoms with E-state index in [1.54, 1.807) is 0 Å². The van der Waals surface area contributed by atoms with Gasteiger partial charge < -0.3 is 0 Å². The zero-order valence-corrected chi connectivity index (χ0v) is 16.3. The maximum atomic E-state index is 12.2. The van der Waals surface area contributed by atoms with E-state index in [2.05, 4.69) is 20.8 Å². The van der Waals surface area contributed by atoms with Crippen molar-refractivity contribution < 1.29 is 14.6 Å². The predicted octanol–water partition coefficient (Wildman–Crippen LogP) is 3.51. The number of benzene rings is 2. The molecule has 0 aliphatic carbocycles. The van der Waals surface area contributed by atoms with Crippen LogP contribution in [0.3, 0.4) is 0 Å². The molecule has 30 heavy (non-hydrogen) atoms. The van der Waals surface area contributed by atoms with Gasteiger partial charge in [-0.3, -0.25) is 35.9 Å². The molecule has 0 saturated carbocycles. The van der Waals surface area contributed by atoms with Crippen molar-refractivity contribution in [3.63, 3.8) is 0 Å². The number of nitrogens with one attached hydrogen (secondary N) is 2. The maximum Gasteiger partial charge on any atom is 0.345 e. The average Bonchev–Trinajstić information content (AvgIpc) is 2.73. The molecule has 12 heteroatoms. The van der Waals surface area contributed by atoms with Crippen LogP contribution in [0.1, 0.15) is 15.9 Å². The van der Waals surface area contributed by atoms with Gasteiger partial charge in [0.1, 0.15) is 6.33 Å². The van der Waals surface area contributed by atoms with E-state index < -0.39 is 21.4 Å². The molecule has 0 saturated heterocycles. The van der Waals surface area contributed by atoms with Crippen LogP contribution in [0.25, 0.3) is 0 Å². The van der Waals surface area contributed by atoms with E-state index in [0.29, 0.717) is 0 Å². The summed E-state index contributed by atoms with van der Waals surface area (Å²) in [5, 5.41) is 22.4. The van der Waals surface area contributed by atoms with E-state index in [9.17, 15) is 25.0 Å². The highest BCUT2D eigenvalue weighted by Crippen LogP contribution is 2.36. The Morgan fingerprint density at radius 2 is 1.63 bits per heavy atom. The minimum absolute atomic E-state index is 0.103. The molecule has 0 atom stereocenters. The lowest BCUT2D eigenvalue weighted by molar-refractivity contribution is -0.387. The van der Waals surface area contributed by atoms with Gasteiger partial charge in [-0.2, -0.15) is 0 Å². The molecule has 1 heterocycles. The van der Waals surface area contributed by atoms with E-state index in [1.807, 2.05) is 31.2 Å². The fourth-order valence-corrected chi connectivity index (χ4v) is 3.20. The van der Waals surface area contributed by atoms with Crippen molar-refractivity contribution in [2.75, 3.05) is 5.43 Å². The van der Waals surface area contributed by atoms with Crippen LogP contribution in [-0.4, -0.2) is 25.7 Å². The minimum atomic E-state index is -0.648. The molecule has 1 amide bonds. The number of aromatic nitrogens is 2. The Balaban J connectivity index is 1.78. The third-order valence-corrected chi connectivity index (χ3v) is 4.84. The smallest absolute Gasteiger partial charge is 0.276 e. The highest BCUT2D eigenvalue weighted by Gasteiger charge is 2.24. The van der Waals surface area contributed by atoms with Crippen molar-refractivity contribution in [1.82, 2.24) is 15.4 Å². The summed E-state index contributed by atoms with van der Waals surface area (Å²) in [7, 11) is 0. The second kappa shape index (κ2) is 8.96. The quantitative estimate of drug-likeness (QED) is 0.328. The first-order chi connectivity index (χ1) is 14.3.